The maximum Gasteiger partial charge on any atom is 0.254 e. The van der Waals surface area contributed by atoms with E-state index in [0.717, 1.165) is 56.8 Å². The molecule has 154 valence electrons. The first-order valence-corrected chi connectivity index (χ1v) is 10.9. The summed E-state index contributed by atoms with van der Waals surface area (Å²) in [7, 11) is 0. The van der Waals surface area contributed by atoms with Gasteiger partial charge in [-0.2, -0.15) is 0 Å². The number of anilines is 1. The molecule has 0 spiro atoms. The van der Waals surface area contributed by atoms with Crippen molar-refractivity contribution in [2.45, 2.75) is 39.7 Å². The summed E-state index contributed by atoms with van der Waals surface area (Å²) in [5.74, 6) is 0.200. The lowest BCUT2D eigenvalue weighted by atomic mass is 10.00. The van der Waals surface area contributed by atoms with Crippen molar-refractivity contribution in [2.24, 2.45) is 0 Å². The fraction of sp³-hybridized carbons (Fsp3) is 0.480. The summed E-state index contributed by atoms with van der Waals surface area (Å²) in [6, 6.07) is 15.3. The average Bonchev–Trinajstić information content (AvgIpc) is 2.74. The van der Waals surface area contributed by atoms with Gasteiger partial charge in [0, 0.05) is 56.6 Å². The SMILES string of the molecule is Cc1ccc(C(=O)N2CCC[C@@H](N3CCN(c4ccccc4C)CC3)C2)c(C)c1. The molecular formula is C25H33N3O. The van der Waals surface area contributed by atoms with E-state index in [1.165, 1.54) is 23.2 Å². The van der Waals surface area contributed by atoms with Crippen LogP contribution >= 0.6 is 0 Å². The summed E-state index contributed by atoms with van der Waals surface area (Å²) >= 11 is 0. The van der Waals surface area contributed by atoms with Gasteiger partial charge in [0.15, 0.2) is 0 Å². The van der Waals surface area contributed by atoms with Crippen molar-refractivity contribution in [3.8, 4) is 0 Å². The fourth-order valence-corrected chi connectivity index (χ4v) is 4.91. The first-order chi connectivity index (χ1) is 14.0. The Labute approximate surface area is 175 Å². The number of para-hydroxylation sites is 1. The number of amides is 1. The number of nitrogens with zero attached hydrogens (tertiary/aromatic N) is 3. The highest BCUT2D eigenvalue weighted by Crippen LogP contribution is 2.24. The molecule has 1 atom stereocenters. The number of piperidine rings is 1. The molecule has 2 heterocycles. The van der Waals surface area contributed by atoms with Crippen LogP contribution in [0.15, 0.2) is 42.5 Å². The maximum absolute atomic E-state index is 13.1. The van der Waals surface area contributed by atoms with Crippen LogP contribution in [0, 0.1) is 20.8 Å². The second kappa shape index (κ2) is 8.58. The highest BCUT2D eigenvalue weighted by molar-refractivity contribution is 5.95. The molecule has 2 aromatic carbocycles. The van der Waals surface area contributed by atoms with Gasteiger partial charge in [-0.05, 0) is 56.9 Å². The van der Waals surface area contributed by atoms with Crippen molar-refractivity contribution in [3.05, 3.63) is 64.7 Å². The molecule has 4 nitrogen and oxygen atoms in total. The molecule has 4 rings (SSSR count). The van der Waals surface area contributed by atoms with Gasteiger partial charge >= 0.3 is 0 Å². The van der Waals surface area contributed by atoms with E-state index in [9.17, 15) is 4.79 Å². The second-order valence-electron chi connectivity index (χ2n) is 8.68. The second-order valence-corrected chi connectivity index (χ2v) is 8.68. The normalized spacial score (nSPS) is 20.7. The Kier molecular flexibility index (Phi) is 5.91. The summed E-state index contributed by atoms with van der Waals surface area (Å²) in [6.07, 6.45) is 2.29. The van der Waals surface area contributed by atoms with E-state index in [4.69, 9.17) is 0 Å². The van der Waals surface area contributed by atoms with E-state index >= 15 is 0 Å². The predicted octanol–water partition coefficient (Wildman–Crippen LogP) is 4.04. The highest BCUT2D eigenvalue weighted by atomic mass is 16.2. The summed E-state index contributed by atoms with van der Waals surface area (Å²) in [5, 5.41) is 0. The van der Waals surface area contributed by atoms with Gasteiger partial charge < -0.3 is 9.80 Å². The molecule has 4 heteroatoms. The molecule has 0 saturated carbocycles. The zero-order valence-electron chi connectivity index (χ0n) is 18.0. The van der Waals surface area contributed by atoms with Gasteiger partial charge in [-0.15, -0.1) is 0 Å². The van der Waals surface area contributed by atoms with Crippen molar-refractivity contribution in [1.82, 2.24) is 9.80 Å². The first-order valence-electron chi connectivity index (χ1n) is 10.9. The van der Waals surface area contributed by atoms with Gasteiger partial charge in [-0.25, -0.2) is 0 Å². The zero-order chi connectivity index (χ0) is 20.4. The van der Waals surface area contributed by atoms with Crippen molar-refractivity contribution in [2.75, 3.05) is 44.2 Å². The van der Waals surface area contributed by atoms with Gasteiger partial charge in [-0.3, -0.25) is 9.69 Å². The van der Waals surface area contributed by atoms with Gasteiger partial charge in [0.05, 0.1) is 0 Å². The monoisotopic (exact) mass is 391 g/mol. The van der Waals surface area contributed by atoms with Crippen LogP contribution in [0.1, 0.15) is 39.9 Å². The molecule has 2 fully saturated rings. The Morgan fingerprint density at radius 3 is 2.38 bits per heavy atom. The standard InChI is InChI=1S/C25H33N3O/c1-19-10-11-23(21(3)17-19)25(29)28-12-6-8-22(18-28)26-13-15-27(16-14-26)24-9-5-4-7-20(24)2/h4-5,7,9-11,17,22H,6,8,12-16,18H2,1-3H3/t22-/m1/s1. The minimum atomic E-state index is 0.200. The fourth-order valence-electron chi connectivity index (χ4n) is 4.91. The molecule has 29 heavy (non-hydrogen) atoms. The van der Waals surface area contributed by atoms with Crippen molar-refractivity contribution in [3.63, 3.8) is 0 Å². The lowest BCUT2D eigenvalue weighted by Crippen LogP contribution is -2.56. The number of likely N-dealkylation sites (tertiary alicyclic amines) is 1. The van der Waals surface area contributed by atoms with Crippen molar-refractivity contribution >= 4 is 11.6 Å². The number of carbonyl (C=O) groups excluding carboxylic acids is 1. The van der Waals surface area contributed by atoms with Crippen molar-refractivity contribution in [1.29, 1.82) is 0 Å². The summed E-state index contributed by atoms with van der Waals surface area (Å²) in [5.41, 5.74) is 5.87. The quantitative estimate of drug-likeness (QED) is 0.790. The minimum Gasteiger partial charge on any atom is -0.369 e. The van der Waals surface area contributed by atoms with Crippen LogP contribution in [-0.2, 0) is 0 Å². The van der Waals surface area contributed by atoms with Crippen LogP contribution in [0.5, 0.6) is 0 Å². The summed E-state index contributed by atoms with van der Waals surface area (Å²) in [4.78, 5) is 20.3. The Morgan fingerprint density at radius 2 is 1.66 bits per heavy atom. The average molecular weight is 392 g/mol. The van der Waals surface area contributed by atoms with Crippen LogP contribution in [0.2, 0.25) is 0 Å². The van der Waals surface area contributed by atoms with E-state index in [1.807, 2.05) is 19.1 Å². The van der Waals surface area contributed by atoms with E-state index in [0.29, 0.717) is 6.04 Å². The molecule has 0 unspecified atom stereocenters. The molecule has 1 amide bonds. The third kappa shape index (κ3) is 4.32. The Bertz CT molecular complexity index is 870. The largest absolute Gasteiger partial charge is 0.369 e. The van der Waals surface area contributed by atoms with Crippen LogP contribution in [0.3, 0.4) is 0 Å². The highest BCUT2D eigenvalue weighted by Gasteiger charge is 2.31. The van der Waals surface area contributed by atoms with Crippen LogP contribution < -0.4 is 4.90 Å². The molecule has 0 bridgehead atoms. The number of carbonyl (C=O) groups is 1. The number of piperazine rings is 1. The van der Waals surface area contributed by atoms with E-state index in [1.54, 1.807) is 0 Å². The molecule has 2 aliphatic rings. The van der Waals surface area contributed by atoms with Crippen LogP contribution in [0.25, 0.3) is 0 Å². The van der Waals surface area contributed by atoms with E-state index < -0.39 is 0 Å². The smallest absolute Gasteiger partial charge is 0.254 e. The topological polar surface area (TPSA) is 26.8 Å². The van der Waals surface area contributed by atoms with Gasteiger partial charge in [-0.1, -0.05) is 35.9 Å². The number of rotatable bonds is 3. The third-order valence-electron chi connectivity index (χ3n) is 6.58. The molecule has 0 aliphatic carbocycles. The Balaban J connectivity index is 1.38. The summed E-state index contributed by atoms with van der Waals surface area (Å²) < 4.78 is 0. The van der Waals surface area contributed by atoms with Gasteiger partial charge in [0.2, 0.25) is 0 Å². The molecule has 2 saturated heterocycles. The molecule has 0 aromatic heterocycles. The third-order valence-corrected chi connectivity index (χ3v) is 6.58. The number of hydrogen-bond donors (Lipinski definition) is 0. The lowest BCUT2D eigenvalue weighted by molar-refractivity contribution is 0.0563. The Morgan fingerprint density at radius 1 is 0.897 bits per heavy atom. The van der Waals surface area contributed by atoms with Gasteiger partial charge in [0.1, 0.15) is 0 Å². The number of benzene rings is 2. The van der Waals surface area contributed by atoms with E-state index in [-0.39, 0.29) is 5.91 Å². The number of aryl methyl sites for hydroxylation is 3. The minimum absolute atomic E-state index is 0.200. The maximum atomic E-state index is 13.1. The van der Waals surface area contributed by atoms with Gasteiger partial charge in [0.25, 0.3) is 5.91 Å². The zero-order valence-corrected chi connectivity index (χ0v) is 18.0. The molecular weight excluding hydrogens is 358 g/mol. The molecule has 0 N–H and O–H groups in total. The Hall–Kier alpha value is -2.33. The first kappa shape index (κ1) is 20.0. The lowest BCUT2D eigenvalue weighted by Gasteiger charge is -2.44. The predicted molar refractivity (Wildman–Crippen MR) is 120 cm³/mol. The molecule has 2 aliphatic heterocycles. The van der Waals surface area contributed by atoms with Crippen LogP contribution in [-0.4, -0.2) is 61.0 Å². The molecule has 2 aromatic rings. The van der Waals surface area contributed by atoms with Crippen molar-refractivity contribution < 1.29 is 4.79 Å². The van der Waals surface area contributed by atoms with Crippen LogP contribution in [0.4, 0.5) is 5.69 Å². The summed E-state index contributed by atoms with van der Waals surface area (Å²) in [6.45, 7) is 12.3. The number of hydrogen-bond acceptors (Lipinski definition) is 3. The van der Waals surface area contributed by atoms with E-state index in [2.05, 4.69) is 58.9 Å². The molecule has 0 radical (unpaired) electrons.